The molecule has 3 aliphatic heterocycles. The lowest BCUT2D eigenvalue weighted by Crippen LogP contribution is -2.64. The van der Waals surface area contributed by atoms with Crippen molar-refractivity contribution in [1.29, 1.82) is 0 Å². The zero-order valence-electron chi connectivity index (χ0n) is 18.8. The Bertz CT molecular complexity index is 803. The Kier molecular flexibility index (Phi) is 6.78. The zero-order valence-corrected chi connectivity index (χ0v) is 18.8. The maximum absolute atomic E-state index is 12.7. The fourth-order valence-electron chi connectivity index (χ4n) is 5.01. The standard InChI is InChI=1S/C24H35N5O2/c1-3-4-5-9-14-29-20-21(27(2)24(31)26-22(20)30)25-23(29)28-15-12-19(13-16-28)17-18-10-7-6-8-11-18/h6-8,10-11,19-21H,3-5,9,12-17H2,1-2H3,(H,26,30,31). The number of rotatable bonds is 7. The minimum Gasteiger partial charge on any atom is -0.343 e. The lowest BCUT2D eigenvalue weighted by Gasteiger charge is -2.39. The van der Waals surface area contributed by atoms with Crippen LogP contribution in [0, 0.1) is 5.92 Å². The summed E-state index contributed by atoms with van der Waals surface area (Å²) < 4.78 is 0. The van der Waals surface area contributed by atoms with Crippen LogP contribution in [0.5, 0.6) is 0 Å². The highest BCUT2D eigenvalue weighted by molar-refractivity contribution is 6.03. The molecule has 168 valence electrons. The molecule has 2 unspecified atom stereocenters. The predicted octanol–water partition coefficient (Wildman–Crippen LogP) is 3.07. The number of fused-ring (bicyclic) bond motifs is 1. The van der Waals surface area contributed by atoms with Crippen LogP contribution >= 0.6 is 0 Å². The van der Waals surface area contributed by atoms with E-state index in [9.17, 15) is 9.59 Å². The van der Waals surface area contributed by atoms with Crippen molar-refractivity contribution in [1.82, 2.24) is 20.0 Å². The molecule has 0 radical (unpaired) electrons. The summed E-state index contributed by atoms with van der Waals surface area (Å²) in [6.07, 6.45) is 7.49. The van der Waals surface area contributed by atoms with Crippen molar-refractivity contribution in [2.24, 2.45) is 10.9 Å². The maximum atomic E-state index is 12.7. The molecule has 1 N–H and O–H groups in total. The van der Waals surface area contributed by atoms with Crippen molar-refractivity contribution in [3.8, 4) is 0 Å². The first kappa shape index (κ1) is 21.7. The number of likely N-dealkylation sites (tertiary alicyclic amines) is 1. The summed E-state index contributed by atoms with van der Waals surface area (Å²) in [5.74, 6) is 1.36. The van der Waals surface area contributed by atoms with Crippen molar-refractivity contribution < 1.29 is 9.59 Å². The first-order valence-electron chi connectivity index (χ1n) is 11.8. The van der Waals surface area contributed by atoms with Crippen LogP contribution in [0.1, 0.15) is 51.0 Å². The number of nitrogens with zero attached hydrogens (tertiary/aromatic N) is 4. The number of hydrogen-bond acceptors (Lipinski definition) is 5. The van der Waals surface area contributed by atoms with Gasteiger partial charge >= 0.3 is 6.03 Å². The van der Waals surface area contributed by atoms with Crippen LogP contribution in [0.3, 0.4) is 0 Å². The lowest BCUT2D eigenvalue weighted by atomic mass is 9.90. The maximum Gasteiger partial charge on any atom is 0.325 e. The Morgan fingerprint density at radius 1 is 1.06 bits per heavy atom. The van der Waals surface area contributed by atoms with Gasteiger partial charge in [0.05, 0.1) is 0 Å². The van der Waals surface area contributed by atoms with Crippen LogP contribution in [0.15, 0.2) is 35.3 Å². The Morgan fingerprint density at radius 2 is 1.81 bits per heavy atom. The number of nitrogens with one attached hydrogen (secondary N) is 1. The molecule has 3 amide bonds. The molecule has 2 fully saturated rings. The number of piperidine rings is 1. The van der Waals surface area contributed by atoms with Gasteiger partial charge in [-0.2, -0.15) is 0 Å². The molecule has 0 aliphatic carbocycles. The summed E-state index contributed by atoms with van der Waals surface area (Å²) in [5, 5.41) is 2.50. The number of carbonyl (C=O) groups excluding carboxylic acids is 2. The van der Waals surface area contributed by atoms with Crippen molar-refractivity contribution in [3.05, 3.63) is 35.9 Å². The van der Waals surface area contributed by atoms with E-state index in [2.05, 4.69) is 52.4 Å². The molecule has 7 heteroatoms. The molecule has 3 aliphatic rings. The third-order valence-electron chi connectivity index (χ3n) is 6.86. The normalized spacial score (nSPS) is 24.3. The predicted molar refractivity (Wildman–Crippen MR) is 122 cm³/mol. The lowest BCUT2D eigenvalue weighted by molar-refractivity contribution is -0.127. The highest BCUT2D eigenvalue weighted by Gasteiger charge is 2.49. The van der Waals surface area contributed by atoms with Crippen LogP contribution < -0.4 is 5.32 Å². The molecule has 0 saturated carbocycles. The largest absolute Gasteiger partial charge is 0.343 e. The van der Waals surface area contributed by atoms with E-state index in [0.717, 1.165) is 57.7 Å². The van der Waals surface area contributed by atoms with E-state index in [-0.39, 0.29) is 11.9 Å². The number of guanidine groups is 1. The molecule has 0 bridgehead atoms. The molecule has 0 spiro atoms. The summed E-state index contributed by atoms with van der Waals surface area (Å²) in [5.41, 5.74) is 1.40. The fourth-order valence-corrected chi connectivity index (χ4v) is 5.01. The summed E-state index contributed by atoms with van der Waals surface area (Å²) in [6, 6.07) is 9.93. The topological polar surface area (TPSA) is 68.2 Å². The molecule has 7 nitrogen and oxygen atoms in total. The van der Waals surface area contributed by atoms with E-state index in [1.165, 1.54) is 18.4 Å². The van der Waals surface area contributed by atoms with Gasteiger partial charge in [-0.05, 0) is 37.2 Å². The molecule has 4 rings (SSSR count). The average molecular weight is 426 g/mol. The number of likely N-dealkylation sites (N-methyl/N-ethyl adjacent to an activating group) is 1. The Morgan fingerprint density at radius 3 is 2.52 bits per heavy atom. The summed E-state index contributed by atoms with van der Waals surface area (Å²) in [6.45, 7) is 4.90. The fraction of sp³-hybridized carbons (Fsp3) is 0.625. The number of benzene rings is 1. The summed E-state index contributed by atoms with van der Waals surface area (Å²) in [4.78, 5) is 35.9. The van der Waals surface area contributed by atoms with Gasteiger partial charge in [-0.1, -0.05) is 56.5 Å². The van der Waals surface area contributed by atoms with E-state index in [1.54, 1.807) is 11.9 Å². The van der Waals surface area contributed by atoms with E-state index in [0.29, 0.717) is 5.92 Å². The SMILES string of the molecule is CCCCCCN1C(N2CCC(Cc3ccccc3)CC2)=NC2C1C(=O)NC(=O)N2C. The number of carbonyl (C=O) groups is 2. The van der Waals surface area contributed by atoms with Gasteiger partial charge in [-0.15, -0.1) is 0 Å². The molecule has 2 atom stereocenters. The number of hydrogen-bond donors (Lipinski definition) is 1. The molecular formula is C24H35N5O2. The number of unbranched alkanes of at least 4 members (excludes halogenated alkanes) is 3. The molecule has 1 aromatic rings. The number of aliphatic imine (C=N–C) groups is 1. The molecule has 31 heavy (non-hydrogen) atoms. The van der Waals surface area contributed by atoms with Gasteiger partial charge in [-0.3, -0.25) is 10.1 Å². The van der Waals surface area contributed by atoms with Crippen molar-refractivity contribution >= 4 is 17.9 Å². The Hall–Kier alpha value is -2.57. The first-order valence-corrected chi connectivity index (χ1v) is 11.8. The van der Waals surface area contributed by atoms with Crippen LogP contribution in [0.25, 0.3) is 0 Å². The van der Waals surface area contributed by atoms with E-state index in [4.69, 9.17) is 4.99 Å². The quantitative estimate of drug-likeness (QED) is 0.682. The molecule has 2 saturated heterocycles. The number of amides is 3. The van der Waals surface area contributed by atoms with Gasteiger partial charge in [0.25, 0.3) is 5.91 Å². The van der Waals surface area contributed by atoms with E-state index in [1.807, 2.05) is 0 Å². The highest BCUT2D eigenvalue weighted by atomic mass is 16.2. The third kappa shape index (κ3) is 4.70. The van der Waals surface area contributed by atoms with Gasteiger partial charge < -0.3 is 14.7 Å². The van der Waals surface area contributed by atoms with Crippen LogP contribution in [-0.4, -0.2) is 71.5 Å². The van der Waals surface area contributed by atoms with Gasteiger partial charge in [-0.25, -0.2) is 9.79 Å². The first-order chi connectivity index (χ1) is 15.1. The number of imide groups is 1. The minimum absolute atomic E-state index is 0.221. The minimum atomic E-state index is -0.426. The van der Waals surface area contributed by atoms with Crippen LogP contribution in [0.2, 0.25) is 0 Å². The monoisotopic (exact) mass is 425 g/mol. The van der Waals surface area contributed by atoms with E-state index >= 15 is 0 Å². The van der Waals surface area contributed by atoms with Gasteiger partial charge in [0, 0.05) is 26.7 Å². The third-order valence-corrected chi connectivity index (χ3v) is 6.86. The Balaban J connectivity index is 1.44. The second-order valence-corrected chi connectivity index (χ2v) is 9.07. The van der Waals surface area contributed by atoms with Gasteiger partial charge in [0.2, 0.25) is 0 Å². The molecule has 0 aromatic heterocycles. The van der Waals surface area contributed by atoms with E-state index < -0.39 is 12.2 Å². The zero-order chi connectivity index (χ0) is 21.8. The number of urea groups is 1. The Labute approximate surface area is 185 Å². The summed E-state index contributed by atoms with van der Waals surface area (Å²) in [7, 11) is 1.73. The van der Waals surface area contributed by atoms with Crippen molar-refractivity contribution in [2.75, 3.05) is 26.7 Å². The second-order valence-electron chi connectivity index (χ2n) is 9.07. The van der Waals surface area contributed by atoms with Crippen LogP contribution in [0.4, 0.5) is 4.79 Å². The van der Waals surface area contributed by atoms with Gasteiger partial charge in [0.15, 0.2) is 18.2 Å². The molecule has 3 heterocycles. The molecular weight excluding hydrogens is 390 g/mol. The molecule has 1 aromatic carbocycles. The van der Waals surface area contributed by atoms with Crippen molar-refractivity contribution in [2.45, 2.75) is 64.1 Å². The summed E-state index contributed by atoms with van der Waals surface area (Å²) >= 11 is 0. The van der Waals surface area contributed by atoms with Gasteiger partial charge in [0.1, 0.15) is 0 Å². The van der Waals surface area contributed by atoms with Crippen LogP contribution in [-0.2, 0) is 11.2 Å². The highest BCUT2D eigenvalue weighted by Crippen LogP contribution is 2.29. The van der Waals surface area contributed by atoms with Crippen molar-refractivity contribution in [3.63, 3.8) is 0 Å². The smallest absolute Gasteiger partial charge is 0.325 e. The average Bonchev–Trinajstić information content (AvgIpc) is 3.16. The second kappa shape index (κ2) is 9.71.